The first-order valence-electron chi connectivity index (χ1n) is 6.09. The van der Waals surface area contributed by atoms with Crippen LogP contribution in [0.1, 0.15) is 18.2 Å². The first-order chi connectivity index (χ1) is 9.33. The van der Waals surface area contributed by atoms with Crippen molar-refractivity contribution in [2.24, 2.45) is 0 Å². The summed E-state index contributed by atoms with van der Waals surface area (Å²) in [5.74, 6) is 0.849. The minimum absolute atomic E-state index is 0.463. The molecule has 5 nitrogen and oxygen atoms in total. The molecule has 6 heteroatoms. The van der Waals surface area contributed by atoms with E-state index in [2.05, 4.69) is 14.9 Å². The third kappa shape index (κ3) is 3.90. The molecule has 1 aromatic heterocycles. The number of anilines is 1. The van der Waals surface area contributed by atoms with E-state index in [0.717, 1.165) is 28.6 Å². The van der Waals surface area contributed by atoms with E-state index in [1.54, 1.807) is 7.11 Å². The van der Waals surface area contributed by atoms with Gasteiger partial charge in [0.05, 0.1) is 20.3 Å². The van der Waals surface area contributed by atoms with Gasteiger partial charge in [0, 0.05) is 18.1 Å². The molecule has 0 spiro atoms. The molecule has 0 aliphatic heterocycles. The summed E-state index contributed by atoms with van der Waals surface area (Å²) in [7, 11) is 1.66. The molecule has 0 aliphatic rings. The fraction of sp³-hybridized carbons (Fsp3) is 0.385. The molecular weight excluding hydrogens is 262 g/mol. The Morgan fingerprint density at radius 3 is 2.68 bits per heavy atom. The molecule has 19 heavy (non-hydrogen) atoms. The van der Waals surface area contributed by atoms with E-state index in [-0.39, 0.29) is 0 Å². The zero-order valence-corrected chi connectivity index (χ0v) is 11.9. The van der Waals surface area contributed by atoms with Crippen molar-refractivity contribution in [2.45, 2.75) is 20.1 Å². The number of hydrogen-bond donors (Lipinski definition) is 1. The Labute approximate surface area is 116 Å². The monoisotopic (exact) mass is 279 g/mol. The number of ether oxygens (including phenoxy) is 2. The van der Waals surface area contributed by atoms with Gasteiger partial charge in [0.15, 0.2) is 0 Å². The summed E-state index contributed by atoms with van der Waals surface area (Å²) >= 11 is 1.36. The molecule has 0 saturated carbocycles. The number of hydrogen-bond acceptors (Lipinski definition) is 6. The summed E-state index contributed by atoms with van der Waals surface area (Å²) in [5, 5.41) is 8.25. The van der Waals surface area contributed by atoms with Crippen molar-refractivity contribution in [3.8, 4) is 5.75 Å². The van der Waals surface area contributed by atoms with E-state index < -0.39 is 0 Å². The maximum atomic E-state index is 5.65. The average molecular weight is 279 g/mol. The van der Waals surface area contributed by atoms with Crippen LogP contribution in [0.3, 0.4) is 0 Å². The Morgan fingerprint density at radius 2 is 2.00 bits per heavy atom. The number of benzene rings is 1. The molecule has 0 aliphatic carbocycles. The van der Waals surface area contributed by atoms with Crippen molar-refractivity contribution in [1.29, 1.82) is 0 Å². The zero-order chi connectivity index (χ0) is 13.5. The van der Waals surface area contributed by atoms with Crippen LogP contribution >= 0.6 is 11.5 Å². The zero-order valence-electron chi connectivity index (χ0n) is 11.0. The molecule has 102 valence electrons. The van der Waals surface area contributed by atoms with Crippen LogP contribution in [-0.2, 0) is 18.0 Å². The fourth-order valence-corrected chi connectivity index (χ4v) is 2.22. The van der Waals surface area contributed by atoms with E-state index in [1.807, 2.05) is 31.2 Å². The van der Waals surface area contributed by atoms with Gasteiger partial charge in [-0.25, -0.2) is 0 Å². The van der Waals surface area contributed by atoms with Crippen LogP contribution in [0.4, 0.5) is 5.00 Å². The Hall–Kier alpha value is -1.66. The molecule has 0 atom stereocenters. The van der Waals surface area contributed by atoms with Crippen LogP contribution in [0.2, 0.25) is 0 Å². The minimum Gasteiger partial charge on any atom is -0.497 e. The van der Waals surface area contributed by atoms with Crippen molar-refractivity contribution in [3.05, 3.63) is 35.5 Å². The summed E-state index contributed by atoms with van der Waals surface area (Å²) in [6, 6.07) is 7.83. The van der Waals surface area contributed by atoms with E-state index >= 15 is 0 Å². The summed E-state index contributed by atoms with van der Waals surface area (Å²) in [4.78, 5) is 0. The topological polar surface area (TPSA) is 56.3 Å². The quantitative estimate of drug-likeness (QED) is 0.844. The Kier molecular flexibility index (Phi) is 5.11. The van der Waals surface area contributed by atoms with Gasteiger partial charge in [-0.3, -0.25) is 0 Å². The number of methoxy groups -OCH3 is 1. The van der Waals surface area contributed by atoms with Crippen molar-refractivity contribution >= 4 is 16.5 Å². The third-order valence-corrected chi connectivity index (χ3v) is 3.29. The lowest BCUT2D eigenvalue weighted by Crippen LogP contribution is -2.01. The average Bonchev–Trinajstić information content (AvgIpc) is 2.88. The Bertz CT molecular complexity index is 499. The summed E-state index contributed by atoms with van der Waals surface area (Å²) in [5.41, 5.74) is 1.97. The molecule has 2 aromatic rings. The highest BCUT2D eigenvalue weighted by Crippen LogP contribution is 2.19. The Morgan fingerprint density at radius 1 is 1.21 bits per heavy atom. The van der Waals surface area contributed by atoms with Crippen molar-refractivity contribution in [2.75, 3.05) is 19.0 Å². The van der Waals surface area contributed by atoms with Gasteiger partial charge in [0.25, 0.3) is 0 Å². The number of aromatic nitrogens is 2. The van der Waals surface area contributed by atoms with E-state index in [9.17, 15) is 0 Å². The molecule has 1 aromatic carbocycles. The summed E-state index contributed by atoms with van der Waals surface area (Å²) < 4.78 is 14.7. The van der Waals surface area contributed by atoms with Crippen molar-refractivity contribution in [1.82, 2.24) is 9.59 Å². The largest absolute Gasteiger partial charge is 0.497 e. The van der Waals surface area contributed by atoms with Crippen LogP contribution < -0.4 is 10.1 Å². The lowest BCUT2D eigenvalue weighted by Gasteiger charge is -2.05. The van der Waals surface area contributed by atoms with Crippen molar-refractivity contribution < 1.29 is 9.47 Å². The van der Waals surface area contributed by atoms with Gasteiger partial charge >= 0.3 is 0 Å². The first kappa shape index (κ1) is 13.8. The van der Waals surface area contributed by atoms with Gasteiger partial charge in [0.1, 0.15) is 16.4 Å². The maximum absolute atomic E-state index is 5.65. The highest BCUT2D eigenvalue weighted by molar-refractivity contribution is 7.10. The van der Waals surface area contributed by atoms with Gasteiger partial charge in [-0.1, -0.05) is 16.6 Å². The summed E-state index contributed by atoms with van der Waals surface area (Å²) in [6.45, 7) is 3.91. The fourth-order valence-electron chi connectivity index (χ4n) is 1.59. The SMILES string of the molecule is CCNc1snnc1COCc1ccc(OC)cc1. The molecule has 1 N–H and O–H groups in total. The van der Waals surface area contributed by atoms with E-state index in [0.29, 0.717) is 13.2 Å². The lowest BCUT2D eigenvalue weighted by atomic mass is 10.2. The molecule has 0 radical (unpaired) electrons. The molecular formula is C13H17N3O2S. The number of rotatable bonds is 7. The number of nitrogens with zero attached hydrogens (tertiary/aromatic N) is 2. The van der Waals surface area contributed by atoms with Crippen LogP contribution in [0.15, 0.2) is 24.3 Å². The minimum atomic E-state index is 0.463. The second kappa shape index (κ2) is 7.06. The van der Waals surface area contributed by atoms with Gasteiger partial charge in [-0.2, -0.15) is 0 Å². The van der Waals surface area contributed by atoms with Crippen LogP contribution in [0.25, 0.3) is 0 Å². The molecule has 0 amide bonds. The van der Waals surface area contributed by atoms with Crippen LogP contribution in [-0.4, -0.2) is 23.2 Å². The third-order valence-electron chi connectivity index (χ3n) is 2.56. The lowest BCUT2D eigenvalue weighted by molar-refractivity contribution is 0.105. The molecule has 1 heterocycles. The second-order valence-electron chi connectivity index (χ2n) is 3.92. The highest BCUT2D eigenvalue weighted by atomic mass is 32.1. The predicted molar refractivity (Wildman–Crippen MR) is 75.6 cm³/mol. The second-order valence-corrected chi connectivity index (χ2v) is 4.67. The smallest absolute Gasteiger partial charge is 0.135 e. The van der Waals surface area contributed by atoms with Gasteiger partial charge < -0.3 is 14.8 Å². The van der Waals surface area contributed by atoms with Gasteiger partial charge in [-0.15, -0.1) is 5.10 Å². The number of nitrogens with one attached hydrogen (secondary N) is 1. The van der Waals surface area contributed by atoms with Crippen LogP contribution in [0, 0.1) is 0 Å². The van der Waals surface area contributed by atoms with Crippen LogP contribution in [0.5, 0.6) is 5.75 Å². The predicted octanol–water partition coefficient (Wildman–Crippen LogP) is 2.70. The molecule has 2 rings (SSSR count). The molecule has 0 unspecified atom stereocenters. The molecule has 0 saturated heterocycles. The van der Waals surface area contributed by atoms with Crippen molar-refractivity contribution in [3.63, 3.8) is 0 Å². The molecule has 0 fully saturated rings. The normalized spacial score (nSPS) is 10.4. The first-order valence-corrected chi connectivity index (χ1v) is 6.86. The summed E-state index contributed by atoms with van der Waals surface area (Å²) in [6.07, 6.45) is 0. The van der Waals surface area contributed by atoms with Gasteiger partial charge in [0.2, 0.25) is 0 Å². The molecule has 0 bridgehead atoms. The standard InChI is InChI=1S/C13H17N3O2S/c1-3-14-13-12(15-16-19-13)9-18-8-10-4-6-11(17-2)7-5-10/h4-7,14H,3,8-9H2,1-2H3. The highest BCUT2D eigenvalue weighted by Gasteiger charge is 2.06. The van der Waals surface area contributed by atoms with E-state index in [1.165, 1.54) is 11.5 Å². The Balaban J connectivity index is 1.83. The van der Waals surface area contributed by atoms with E-state index in [4.69, 9.17) is 9.47 Å². The van der Waals surface area contributed by atoms with Gasteiger partial charge in [-0.05, 0) is 24.6 Å². The maximum Gasteiger partial charge on any atom is 0.135 e.